The number of hydrogen-bond acceptors (Lipinski definition) is 3. The van der Waals surface area contributed by atoms with Crippen molar-refractivity contribution in [2.45, 2.75) is 39.7 Å². The van der Waals surface area contributed by atoms with E-state index in [0.29, 0.717) is 5.02 Å². The second kappa shape index (κ2) is 9.51. The Labute approximate surface area is 146 Å². The molecule has 0 spiro atoms. The molecule has 2 rings (SSSR count). The first-order valence-electron chi connectivity index (χ1n) is 8.85. The van der Waals surface area contributed by atoms with Gasteiger partial charge >= 0.3 is 0 Å². The van der Waals surface area contributed by atoms with Crippen LogP contribution in [0.2, 0.25) is 5.02 Å². The molecule has 0 radical (unpaired) electrons. The Morgan fingerprint density at radius 3 is 2.57 bits per heavy atom. The molecule has 1 aliphatic heterocycles. The lowest BCUT2D eigenvalue weighted by Gasteiger charge is -2.26. The summed E-state index contributed by atoms with van der Waals surface area (Å²) in [5.74, 6) is 1.49. The van der Waals surface area contributed by atoms with Gasteiger partial charge in [-0.05, 0) is 62.5 Å². The maximum Gasteiger partial charge on any atom is 0.137 e. The highest BCUT2D eigenvalue weighted by atomic mass is 35.5. The van der Waals surface area contributed by atoms with Crippen molar-refractivity contribution in [2.24, 2.45) is 5.92 Å². The van der Waals surface area contributed by atoms with E-state index in [1.807, 2.05) is 12.1 Å². The molecule has 1 saturated heterocycles. The van der Waals surface area contributed by atoms with E-state index >= 15 is 0 Å². The minimum absolute atomic E-state index is 0.702. The van der Waals surface area contributed by atoms with Crippen molar-refractivity contribution in [3.63, 3.8) is 0 Å². The van der Waals surface area contributed by atoms with Gasteiger partial charge in [0.2, 0.25) is 0 Å². The molecule has 3 nitrogen and oxygen atoms in total. The summed E-state index contributed by atoms with van der Waals surface area (Å²) < 4.78 is 5.25. The zero-order valence-electron chi connectivity index (χ0n) is 14.9. The first kappa shape index (κ1) is 18.6. The van der Waals surface area contributed by atoms with E-state index in [9.17, 15) is 0 Å². The van der Waals surface area contributed by atoms with Gasteiger partial charge in [0.05, 0.1) is 12.1 Å². The average Bonchev–Trinajstić information content (AvgIpc) is 3.03. The summed E-state index contributed by atoms with van der Waals surface area (Å²) in [6.45, 7) is 11.6. The largest absolute Gasteiger partial charge is 0.495 e. The molecule has 0 saturated carbocycles. The van der Waals surface area contributed by atoms with E-state index in [2.05, 4.69) is 29.7 Å². The van der Waals surface area contributed by atoms with Gasteiger partial charge in [-0.1, -0.05) is 31.5 Å². The Hall–Kier alpha value is -0.770. The Balaban J connectivity index is 1.93. The van der Waals surface area contributed by atoms with Gasteiger partial charge in [-0.25, -0.2) is 0 Å². The molecule has 0 unspecified atom stereocenters. The number of ether oxygens (including phenoxy) is 1. The van der Waals surface area contributed by atoms with E-state index in [-0.39, 0.29) is 0 Å². The van der Waals surface area contributed by atoms with Gasteiger partial charge in [0.15, 0.2) is 0 Å². The van der Waals surface area contributed by atoms with Gasteiger partial charge in [-0.3, -0.25) is 4.90 Å². The van der Waals surface area contributed by atoms with Crippen LogP contribution in [-0.2, 0) is 6.54 Å². The van der Waals surface area contributed by atoms with Crippen LogP contribution in [0.3, 0.4) is 0 Å². The van der Waals surface area contributed by atoms with Gasteiger partial charge in [0.25, 0.3) is 0 Å². The number of nitrogens with zero attached hydrogens (tertiary/aromatic N) is 2. The molecule has 23 heavy (non-hydrogen) atoms. The zero-order chi connectivity index (χ0) is 16.7. The number of benzene rings is 1. The maximum absolute atomic E-state index is 6.27. The Morgan fingerprint density at radius 2 is 1.96 bits per heavy atom. The molecule has 1 fully saturated rings. The molecule has 1 heterocycles. The third-order valence-electron chi connectivity index (χ3n) is 4.58. The number of likely N-dealkylation sites (tertiary alicyclic amines) is 1. The highest BCUT2D eigenvalue weighted by Crippen LogP contribution is 2.25. The fraction of sp³-hybridized carbons (Fsp3) is 0.684. The molecule has 4 heteroatoms. The van der Waals surface area contributed by atoms with Crippen LogP contribution in [0.4, 0.5) is 0 Å². The lowest BCUT2D eigenvalue weighted by Crippen LogP contribution is -2.34. The van der Waals surface area contributed by atoms with Gasteiger partial charge < -0.3 is 9.64 Å². The van der Waals surface area contributed by atoms with Gasteiger partial charge in [0.1, 0.15) is 5.75 Å². The summed E-state index contributed by atoms with van der Waals surface area (Å²) in [6.07, 6.45) is 3.96. The number of halogens is 1. The molecule has 1 aromatic carbocycles. The number of hydrogen-bond donors (Lipinski definition) is 0. The van der Waals surface area contributed by atoms with Crippen LogP contribution in [-0.4, -0.2) is 49.6 Å². The molecular weight excluding hydrogens is 308 g/mol. The molecular formula is C19H31ClN2O. The Kier molecular flexibility index (Phi) is 7.68. The molecule has 0 aromatic heterocycles. The minimum atomic E-state index is 0.702. The third kappa shape index (κ3) is 6.33. The second-order valence-corrected chi connectivity index (χ2v) is 7.38. The number of methoxy groups -OCH3 is 1. The van der Waals surface area contributed by atoms with Crippen molar-refractivity contribution in [1.29, 1.82) is 0 Å². The van der Waals surface area contributed by atoms with Crippen molar-refractivity contribution in [3.05, 3.63) is 28.8 Å². The molecule has 1 aromatic rings. The van der Waals surface area contributed by atoms with Crippen molar-refractivity contribution in [3.8, 4) is 5.75 Å². The van der Waals surface area contributed by atoms with E-state index in [0.717, 1.165) is 31.3 Å². The second-order valence-electron chi connectivity index (χ2n) is 6.98. The topological polar surface area (TPSA) is 15.7 Å². The zero-order valence-corrected chi connectivity index (χ0v) is 15.6. The van der Waals surface area contributed by atoms with E-state index in [1.54, 1.807) is 7.11 Å². The quantitative estimate of drug-likeness (QED) is 0.668. The molecule has 0 bridgehead atoms. The molecule has 0 amide bonds. The van der Waals surface area contributed by atoms with E-state index in [1.165, 1.54) is 44.5 Å². The summed E-state index contributed by atoms with van der Waals surface area (Å²) in [5, 5.41) is 0.702. The van der Waals surface area contributed by atoms with E-state index < -0.39 is 0 Å². The van der Waals surface area contributed by atoms with Crippen LogP contribution in [0.1, 0.15) is 38.7 Å². The van der Waals surface area contributed by atoms with Crippen LogP contribution in [0.5, 0.6) is 5.75 Å². The normalized spacial score (nSPS) is 15.7. The fourth-order valence-electron chi connectivity index (χ4n) is 3.07. The molecule has 130 valence electrons. The predicted molar refractivity (Wildman–Crippen MR) is 98.4 cm³/mol. The smallest absolute Gasteiger partial charge is 0.137 e. The Bertz CT molecular complexity index is 472. The summed E-state index contributed by atoms with van der Waals surface area (Å²) in [7, 11) is 1.66. The van der Waals surface area contributed by atoms with E-state index in [4.69, 9.17) is 16.3 Å². The van der Waals surface area contributed by atoms with Crippen LogP contribution in [0.15, 0.2) is 18.2 Å². The molecule has 0 aliphatic carbocycles. The third-order valence-corrected chi connectivity index (χ3v) is 4.87. The predicted octanol–water partition coefficient (Wildman–Crippen LogP) is 4.29. The van der Waals surface area contributed by atoms with Crippen LogP contribution < -0.4 is 4.74 Å². The molecule has 0 N–H and O–H groups in total. The highest BCUT2D eigenvalue weighted by Gasteiger charge is 2.14. The maximum atomic E-state index is 6.27. The van der Waals surface area contributed by atoms with Crippen molar-refractivity contribution < 1.29 is 4.74 Å². The summed E-state index contributed by atoms with van der Waals surface area (Å²) in [6, 6.07) is 6.14. The SMILES string of the molecule is COc1ccc(CN(CCC(C)C)CCN2CCCC2)cc1Cl. The van der Waals surface area contributed by atoms with Crippen LogP contribution >= 0.6 is 11.6 Å². The van der Waals surface area contributed by atoms with Gasteiger partial charge in [-0.15, -0.1) is 0 Å². The average molecular weight is 339 g/mol. The lowest BCUT2D eigenvalue weighted by atomic mass is 10.1. The molecule has 0 atom stereocenters. The van der Waals surface area contributed by atoms with Crippen molar-refractivity contribution in [2.75, 3.05) is 39.8 Å². The van der Waals surface area contributed by atoms with Crippen LogP contribution in [0, 0.1) is 5.92 Å². The monoisotopic (exact) mass is 338 g/mol. The highest BCUT2D eigenvalue weighted by molar-refractivity contribution is 6.32. The minimum Gasteiger partial charge on any atom is -0.495 e. The summed E-state index contributed by atoms with van der Waals surface area (Å²) in [5.41, 5.74) is 1.26. The number of rotatable bonds is 9. The van der Waals surface area contributed by atoms with Crippen LogP contribution in [0.25, 0.3) is 0 Å². The summed E-state index contributed by atoms with van der Waals surface area (Å²) in [4.78, 5) is 5.15. The first-order valence-corrected chi connectivity index (χ1v) is 9.23. The lowest BCUT2D eigenvalue weighted by molar-refractivity contribution is 0.209. The van der Waals surface area contributed by atoms with Gasteiger partial charge in [0, 0.05) is 19.6 Å². The van der Waals surface area contributed by atoms with Gasteiger partial charge in [-0.2, -0.15) is 0 Å². The standard InChI is InChI=1S/C19H31ClN2O/c1-16(2)8-11-22(13-12-21-9-4-5-10-21)15-17-6-7-19(23-3)18(20)14-17/h6-7,14,16H,4-5,8-13,15H2,1-3H3. The van der Waals surface area contributed by atoms with Crippen molar-refractivity contribution >= 4 is 11.6 Å². The fourth-order valence-corrected chi connectivity index (χ4v) is 3.35. The first-order chi connectivity index (χ1) is 11.1. The Morgan fingerprint density at radius 1 is 1.22 bits per heavy atom. The summed E-state index contributed by atoms with van der Waals surface area (Å²) >= 11 is 6.27. The van der Waals surface area contributed by atoms with Crippen molar-refractivity contribution in [1.82, 2.24) is 9.80 Å². The molecule has 1 aliphatic rings.